The molecule has 0 aromatic heterocycles. The summed E-state index contributed by atoms with van der Waals surface area (Å²) in [5.74, 6) is 0. The minimum atomic E-state index is -0.807. The number of benzene rings is 2. The zero-order valence-corrected chi connectivity index (χ0v) is 13.5. The summed E-state index contributed by atoms with van der Waals surface area (Å²) in [5.41, 5.74) is 0.123. The van der Waals surface area contributed by atoms with Crippen molar-refractivity contribution in [2.24, 2.45) is 0 Å². The van der Waals surface area contributed by atoms with E-state index in [-0.39, 0.29) is 29.2 Å². The van der Waals surface area contributed by atoms with Crippen LogP contribution in [0.4, 0.5) is 0 Å². The highest BCUT2D eigenvalue weighted by Crippen LogP contribution is 2.36. The van der Waals surface area contributed by atoms with Crippen molar-refractivity contribution in [3.05, 3.63) is 70.7 Å². The molecule has 2 unspecified atom stereocenters. The van der Waals surface area contributed by atoms with Gasteiger partial charge in [0.25, 0.3) is 0 Å². The average Bonchev–Trinajstić information content (AvgIpc) is 2.49. The van der Waals surface area contributed by atoms with Crippen LogP contribution in [0.2, 0.25) is 0 Å². The molecule has 4 heteroatoms. The fourth-order valence-electron chi connectivity index (χ4n) is 2.65. The van der Waals surface area contributed by atoms with Crippen LogP contribution in [-0.4, -0.2) is 39.4 Å². The summed E-state index contributed by atoms with van der Waals surface area (Å²) in [6.07, 6.45) is 2.58. The van der Waals surface area contributed by atoms with Gasteiger partial charge in [-0.3, -0.25) is 0 Å². The third-order valence-electron chi connectivity index (χ3n) is 3.75. The van der Waals surface area contributed by atoms with Crippen LogP contribution in [0.5, 0.6) is 0 Å². The summed E-state index contributed by atoms with van der Waals surface area (Å²) >= 11 is 3.31. The van der Waals surface area contributed by atoms with Gasteiger partial charge in [0, 0.05) is 10.9 Å². The molecule has 0 heterocycles. The molecular weight excluding hydrogens is 352 g/mol. The van der Waals surface area contributed by atoms with Gasteiger partial charge in [0.05, 0.1) is 11.7 Å². The number of hydrogen-bond donors (Lipinski definition) is 2. The molecule has 0 bridgehead atoms. The van der Waals surface area contributed by atoms with Crippen molar-refractivity contribution in [2.75, 3.05) is 0 Å². The molecule has 0 radical (unpaired) electrons. The quantitative estimate of drug-likeness (QED) is 0.751. The van der Waals surface area contributed by atoms with Crippen molar-refractivity contribution in [3.8, 4) is 0 Å². The van der Waals surface area contributed by atoms with Gasteiger partial charge in [-0.05, 0) is 37.0 Å². The van der Waals surface area contributed by atoms with E-state index in [4.69, 9.17) is 0 Å². The van der Waals surface area contributed by atoms with Crippen LogP contribution >= 0.6 is 15.9 Å². The Bertz CT molecular complexity index is 535. The highest BCUT2D eigenvalue weighted by molar-refractivity contribution is 9.10. The molecule has 1 saturated carbocycles. The predicted molar refractivity (Wildman–Crippen MR) is 97.5 cm³/mol. The molecule has 2 N–H and O–H groups in total. The van der Waals surface area contributed by atoms with Crippen molar-refractivity contribution < 1.29 is 10.2 Å². The molecule has 2 aromatic carbocycles. The van der Waals surface area contributed by atoms with Gasteiger partial charge in [-0.2, -0.15) is 0 Å². The lowest BCUT2D eigenvalue weighted by molar-refractivity contribution is -0.0498. The van der Waals surface area contributed by atoms with Crippen LogP contribution < -0.4 is 0 Å². The van der Waals surface area contributed by atoms with E-state index in [0.717, 1.165) is 29.3 Å². The highest BCUT2D eigenvalue weighted by atomic mass is 79.9. The monoisotopic (exact) mass is 374 g/mol. The topological polar surface area (TPSA) is 40.5 Å². The van der Waals surface area contributed by atoms with E-state index < -0.39 is 5.60 Å². The van der Waals surface area contributed by atoms with Crippen molar-refractivity contribution in [1.82, 2.24) is 0 Å². The molecule has 3 rings (SSSR count). The van der Waals surface area contributed by atoms with Gasteiger partial charge in [0.2, 0.25) is 0 Å². The van der Waals surface area contributed by atoms with Gasteiger partial charge in [-0.1, -0.05) is 64.5 Å². The van der Waals surface area contributed by atoms with Crippen molar-refractivity contribution in [2.45, 2.75) is 37.4 Å². The molecule has 0 aliphatic heterocycles. The van der Waals surface area contributed by atoms with Crippen LogP contribution in [0.15, 0.2) is 65.1 Å². The van der Waals surface area contributed by atoms with Crippen molar-refractivity contribution >= 4 is 39.0 Å². The van der Waals surface area contributed by atoms with Gasteiger partial charge < -0.3 is 10.2 Å². The second kappa shape index (κ2) is 9.68. The van der Waals surface area contributed by atoms with Crippen LogP contribution in [-0.2, 0) is 5.60 Å². The van der Waals surface area contributed by atoms with E-state index in [1.54, 1.807) is 0 Å². The Morgan fingerprint density at radius 2 is 1.50 bits per heavy atom. The molecule has 2 nitrogen and oxygen atoms in total. The molecule has 2 atom stereocenters. The van der Waals surface area contributed by atoms with E-state index in [2.05, 4.69) is 15.9 Å². The molecule has 2 aromatic rings. The third kappa shape index (κ3) is 6.01. The third-order valence-corrected chi connectivity index (χ3v) is 4.27. The summed E-state index contributed by atoms with van der Waals surface area (Å²) in [5, 5.41) is 19.9. The molecule has 1 fully saturated rings. The molecular formula is C18H23BrMgO2. The first kappa shape index (κ1) is 19.7. The number of rotatable bonds is 1. The molecule has 1 aliphatic carbocycles. The lowest BCUT2D eigenvalue weighted by Gasteiger charge is -2.35. The molecule has 0 amide bonds. The molecule has 22 heavy (non-hydrogen) atoms. The fraction of sp³-hybridized carbons (Fsp3) is 0.333. The summed E-state index contributed by atoms with van der Waals surface area (Å²) in [6, 6.07) is 19.6. The molecule has 0 spiro atoms. The Labute approximate surface area is 156 Å². The van der Waals surface area contributed by atoms with Crippen LogP contribution in [0.1, 0.15) is 31.2 Å². The number of aliphatic hydroxyl groups excluding tert-OH is 1. The van der Waals surface area contributed by atoms with Crippen LogP contribution in [0, 0.1) is 0 Å². The van der Waals surface area contributed by atoms with Gasteiger partial charge in [-0.15, -0.1) is 0 Å². The zero-order chi connectivity index (χ0) is 15.1. The van der Waals surface area contributed by atoms with Gasteiger partial charge in [-0.25, -0.2) is 0 Å². The molecule has 116 valence electrons. The summed E-state index contributed by atoms with van der Waals surface area (Å²) in [6.45, 7) is 0. The van der Waals surface area contributed by atoms with E-state index in [1.807, 2.05) is 60.7 Å². The maximum absolute atomic E-state index is 10.4. The lowest BCUT2D eigenvalue weighted by Crippen LogP contribution is -2.34. The van der Waals surface area contributed by atoms with E-state index in [9.17, 15) is 10.2 Å². The van der Waals surface area contributed by atoms with Gasteiger partial charge in [0.1, 0.15) is 0 Å². The first-order valence-electron chi connectivity index (χ1n) is 7.27. The smallest absolute Gasteiger partial charge is 0.316 e. The van der Waals surface area contributed by atoms with Gasteiger partial charge in [0.15, 0.2) is 0 Å². The molecule has 1 aliphatic rings. The van der Waals surface area contributed by atoms with E-state index in [1.165, 1.54) is 0 Å². The Morgan fingerprint density at radius 1 is 0.955 bits per heavy atom. The van der Waals surface area contributed by atoms with Crippen LogP contribution in [0.25, 0.3) is 0 Å². The second-order valence-electron chi connectivity index (χ2n) is 5.44. The SMILES string of the molecule is Brc1ccccc1.OC1CCCC(O)(c2ccccc2)C1.[MgH2]. The predicted octanol–water partition coefficient (Wildman–Crippen LogP) is 3.34. The Kier molecular flexibility index (Phi) is 8.65. The largest absolute Gasteiger partial charge is 0.393 e. The molecule has 0 saturated heterocycles. The second-order valence-corrected chi connectivity index (χ2v) is 6.36. The number of aliphatic hydroxyl groups is 2. The Balaban J connectivity index is 0.000000258. The Morgan fingerprint density at radius 3 is 1.95 bits per heavy atom. The average molecular weight is 376 g/mol. The number of halogens is 1. The summed E-state index contributed by atoms with van der Waals surface area (Å²) in [7, 11) is 0. The normalized spacial score (nSPS) is 23.7. The number of hydrogen-bond acceptors (Lipinski definition) is 2. The standard InChI is InChI=1S/C12H16O2.C6H5Br.Mg.2H/c13-11-7-4-8-12(14,9-11)10-5-2-1-3-6-10;7-6-4-2-1-3-5-6;;;/h1-3,5-6,11,13-14H,4,7-9H2;1-5H;;;. The minimum absolute atomic E-state index is 0. The highest BCUT2D eigenvalue weighted by Gasteiger charge is 2.34. The summed E-state index contributed by atoms with van der Waals surface area (Å²) in [4.78, 5) is 0. The summed E-state index contributed by atoms with van der Waals surface area (Å²) < 4.78 is 1.13. The maximum Gasteiger partial charge on any atom is 0.316 e. The first-order valence-corrected chi connectivity index (χ1v) is 8.06. The van der Waals surface area contributed by atoms with E-state index >= 15 is 0 Å². The lowest BCUT2D eigenvalue weighted by atomic mass is 9.78. The first-order chi connectivity index (χ1) is 10.1. The maximum atomic E-state index is 10.4. The zero-order valence-electron chi connectivity index (χ0n) is 12.0. The van der Waals surface area contributed by atoms with Crippen molar-refractivity contribution in [3.63, 3.8) is 0 Å². The minimum Gasteiger partial charge on any atom is -0.393 e. The van der Waals surface area contributed by atoms with E-state index in [0.29, 0.717) is 6.42 Å². The van der Waals surface area contributed by atoms with Crippen molar-refractivity contribution in [1.29, 1.82) is 0 Å². The van der Waals surface area contributed by atoms with Crippen LogP contribution in [0.3, 0.4) is 0 Å². The van der Waals surface area contributed by atoms with Gasteiger partial charge >= 0.3 is 23.1 Å². The Hall–Kier alpha value is -0.394. The fourth-order valence-corrected chi connectivity index (χ4v) is 2.95.